The third-order valence-corrected chi connectivity index (χ3v) is 14.8. The molecule has 68 heavy (non-hydrogen) atoms. The highest BCUT2D eigenvalue weighted by Crippen LogP contribution is 2.64. The molecule has 10 aromatic rings. The van der Waals surface area contributed by atoms with E-state index in [9.17, 15) is 0 Å². The van der Waals surface area contributed by atoms with Gasteiger partial charge in [-0.3, -0.25) is 0 Å². The van der Waals surface area contributed by atoms with Gasteiger partial charge in [-0.2, -0.15) is 0 Å². The van der Waals surface area contributed by atoms with E-state index in [0.717, 1.165) is 17.1 Å². The standard InChI is InChI=1S/C67H55N/c1-65(2,3)50-29-36-57-58-37-30-51(66(4,5)6)42-63(58)67(62(57)41-50)61-39-28-49(56-23-15-21-48-20-13-14-22-55(48)56)40-60(61)59-38-35-54(43-64(59)67)68(52-31-24-46(25-32-52)44-16-9-7-10-17-44)53-33-26-47(27-34-53)45-18-11-8-12-19-45/h7-43H,1-6H3. The van der Waals surface area contributed by atoms with Crippen molar-refractivity contribution in [3.63, 3.8) is 0 Å². The van der Waals surface area contributed by atoms with Crippen molar-refractivity contribution in [2.45, 2.75) is 57.8 Å². The molecule has 10 aromatic carbocycles. The van der Waals surface area contributed by atoms with E-state index in [1.807, 2.05) is 0 Å². The minimum Gasteiger partial charge on any atom is -0.310 e. The van der Waals surface area contributed by atoms with Crippen LogP contribution >= 0.6 is 0 Å². The average molecular weight is 874 g/mol. The molecule has 0 radical (unpaired) electrons. The molecule has 328 valence electrons. The number of hydrogen-bond acceptors (Lipinski definition) is 1. The van der Waals surface area contributed by atoms with Gasteiger partial charge in [-0.25, -0.2) is 0 Å². The fraction of sp³-hybridized carbons (Fsp3) is 0.134. The molecule has 0 N–H and O–H groups in total. The van der Waals surface area contributed by atoms with Crippen LogP contribution in [0, 0.1) is 0 Å². The average Bonchev–Trinajstić information content (AvgIpc) is 3.82. The van der Waals surface area contributed by atoms with Crippen molar-refractivity contribution in [2.75, 3.05) is 4.90 Å². The lowest BCUT2D eigenvalue weighted by Crippen LogP contribution is -2.27. The molecule has 2 aliphatic rings. The molecule has 1 spiro atoms. The molecule has 0 aromatic heterocycles. The molecular weight excluding hydrogens is 819 g/mol. The van der Waals surface area contributed by atoms with Gasteiger partial charge >= 0.3 is 0 Å². The number of hydrogen-bond donors (Lipinski definition) is 0. The van der Waals surface area contributed by atoms with E-state index >= 15 is 0 Å². The van der Waals surface area contributed by atoms with Gasteiger partial charge in [-0.15, -0.1) is 0 Å². The third-order valence-electron chi connectivity index (χ3n) is 14.8. The Morgan fingerprint density at radius 3 is 1.29 bits per heavy atom. The lowest BCUT2D eigenvalue weighted by molar-refractivity contribution is 0.586. The van der Waals surface area contributed by atoms with E-state index in [0.29, 0.717) is 0 Å². The zero-order valence-corrected chi connectivity index (χ0v) is 39.8. The van der Waals surface area contributed by atoms with E-state index in [4.69, 9.17) is 0 Å². The number of benzene rings is 10. The highest BCUT2D eigenvalue weighted by atomic mass is 15.1. The highest BCUT2D eigenvalue weighted by molar-refractivity contribution is 6.01. The summed E-state index contributed by atoms with van der Waals surface area (Å²) in [4.78, 5) is 2.45. The molecule has 0 amide bonds. The Hall–Kier alpha value is -7.74. The van der Waals surface area contributed by atoms with Gasteiger partial charge < -0.3 is 4.90 Å². The third kappa shape index (κ3) is 6.67. The van der Waals surface area contributed by atoms with E-state index in [2.05, 4.69) is 271 Å². The largest absolute Gasteiger partial charge is 0.310 e. The van der Waals surface area contributed by atoms with Crippen molar-refractivity contribution in [3.8, 4) is 55.6 Å². The number of rotatable bonds is 6. The summed E-state index contributed by atoms with van der Waals surface area (Å²) < 4.78 is 0. The minimum atomic E-state index is -0.564. The lowest BCUT2D eigenvalue weighted by Gasteiger charge is -2.34. The Labute approximate surface area is 402 Å². The van der Waals surface area contributed by atoms with Crippen LogP contribution in [0.15, 0.2) is 224 Å². The van der Waals surface area contributed by atoms with Gasteiger partial charge in [0.25, 0.3) is 0 Å². The summed E-state index contributed by atoms with van der Waals surface area (Å²) in [5.74, 6) is 0. The molecule has 0 bridgehead atoms. The van der Waals surface area contributed by atoms with Gasteiger partial charge in [0.1, 0.15) is 0 Å². The summed E-state index contributed by atoms with van der Waals surface area (Å²) in [5, 5.41) is 2.52. The molecule has 0 saturated carbocycles. The lowest BCUT2D eigenvalue weighted by atomic mass is 9.68. The first kappa shape index (κ1) is 41.7. The van der Waals surface area contributed by atoms with Crippen LogP contribution in [0.2, 0.25) is 0 Å². The normalized spacial score (nSPS) is 13.3. The molecule has 1 nitrogen and oxygen atoms in total. The van der Waals surface area contributed by atoms with E-state index in [1.54, 1.807) is 0 Å². The first-order valence-corrected chi connectivity index (χ1v) is 24.2. The fourth-order valence-corrected chi connectivity index (χ4v) is 11.3. The highest BCUT2D eigenvalue weighted by Gasteiger charge is 2.52. The van der Waals surface area contributed by atoms with Crippen LogP contribution in [0.5, 0.6) is 0 Å². The minimum absolute atomic E-state index is 0.0411. The first-order chi connectivity index (χ1) is 33.0. The zero-order valence-electron chi connectivity index (χ0n) is 39.8. The van der Waals surface area contributed by atoms with E-state index in [1.165, 1.54) is 99.8 Å². The van der Waals surface area contributed by atoms with Crippen LogP contribution in [0.4, 0.5) is 17.1 Å². The Morgan fingerprint density at radius 1 is 0.294 bits per heavy atom. The predicted octanol–water partition coefficient (Wildman–Crippen LogP) is 18.2. The van der Waals surface area contributed by atoms with Crippen molar-refractivity contribution in [3.05, 3.63) is 258 Å². The second kappa shape index (κ2) is 15.7. The van der Waals surface area contributed by atoms with E-state index < -0.39 is 5.41 Å². The van der Waals surface area contributed by atoms with Crippen LogP contribution in [0.1, 0.15) is 74.9 Å². The van der Waals surface area contributed by atoms with Crippen molar-refractivity contribution in [1.82, 2.24) is 0 Å². The van der Waals surface area contributed by atoms with Crippen molar-refractivity contribution < 1.29 is 0 Å². The maximum Gasteiger partial charge on any atom is 0.0726 e. The van der Waals surface area contributed by atoms with Crippen LogP contribution < -0.4 is 4.90 Å². The molecule has 0 heterocycles. The molecule has 0 unspecified atom stereocenters. The van der Waals surface area contributed by atoms with E-state index in [-0.39, 0.29) is 10.8 Å². The van der Waals surface area contributed by atoms with Crippen LogP contribution in [-0.2, 0) is 16.2 Å². The molecule has 1 heteroatoms. The van der Waals surface area contributed by atoms with Gasteiger partial charge in [0.05, 0.1) is 5.41 Å². The van der Waals surface area contributed by atoms with Gasteiger partial charge in [-0.05, 0) is 153 Å². The quantitative estimate of drug-likeness (QED) is 0.161. The summed E-state index contributed by atoms with van der Waals surface area (Å²) in [5.41, 5.74) is 23.3. The molecule has 0 aliphatic heterocycles. The SMILES string of the molecule is CC(C)(C)c1ccc2c(c1)C1(c3ccc(-c4cccc5ccccc45)cc3-c3ccc(N(c4ccc(-c5ccccc5)cc4)c4ccc(-c5ccccc5)cc4)cc31)c1cc(C(C)(C)C)ccc1-2. The second-order valence-electron chi connectivity index (χ2n) is 20.9. The van der Waals surface area contributed by atoms with Crippen LogP contribution in [-0.4, -0.2) is 0 Å². The monoisotopic (exact) mass is 873 g/mol. The molecule has 0 fully saturated rings. The molecule has 0 saturated heterocycles. The summed E-state index contributed by atoms with van der Waals surface area (Å²) in [7, 11) is 0. The van der Waals surface area contributed by atoms with Crippen molar-refractivity contribution >= 4 is 27.8 Å². The summed E-state index contributed by atoms with van der Waals surface area (Å²) >= 11 is 0. The Kier molecular flexibility index (Phi) is 9.61. The van der Waals surface area contributed by atoms with Gasteiger partial charge in [0, 0.05) is 17.1 Å². The van der Waals surface area contributed by atoms with Crippen molar-refractivity contribution in [2.24, 2.45) is 0 Å². The molecule has 2 aliphatic carbocycles. The second-order valence-corrected chi connectivity index (χ2v) is 20.9. The zero-order chi connectivity index (χ0) is 46.4. The molecule has 0 atom stereocenters. The molecular formula is C67H55N. The first-order valence-electron chi connectivity index (χ1n) is 24.2. The molecule has 12 rings (SSSR count). The smallest absolute Gasteiger partial charge is 0.0726 e. The maximum absolute atomic E-state index is 2.55. The van der Waals surface area contributed by atoms with Gasteiger partial charge in [0.2, 0.25) is 0 Å². The Balaban J connectivity index is 1.13. The fourth-order valence-electron chi connectivity index (χ4n) is 11.3. The Morgan fingerprint density at radius 2 is 0.735 bits per heavy atom. The summed E-state index contributed by atoms with van der Waals surface area (Å²) in [6.45, 7) is 14.1. The van der Waals surface area contributed by atoms with Crippen molar-refractivity contribution in [1.29, 1.82) is 0 Å². The predicted molar refractivity (Wildman–Crippen MR) is 289 cm³/mol. The maximum atomic E-state index is 2.55. The van der Waals surface area contributed by atoms with Crippen LogP contribution in [0.25, 0.3) is 66.4 Å². The number of nitrogens with zero attached hydrogens (tertiary/aromatic N) is 1. The number of anilines is 3. The summed E-state index contributed by atoms with van der Waals surface area (Å²) in [6, 6.07) is 84.4. The van der Waals surface area contributed by atoms with Gasteiger partial charge in [0.15, 0.2) is 0 Å². The van der Waals surface area contributed by atoms with Gasteiger partial charge in [-0.1, -0.05) is 224 Å². The topological polar surface area (TPSA) is 3.24 Å². The summed E-state index contributed by atoms with van der Waals surface area (Å²) in [6.07, 6.45) is 0. The van der Waals surface area contributed by atoms with Crippen LogP contribution in [0.3, 0.4) is 0 Å². The number of fused-ring (bicyclic) bond motifs is 11. The Bertz CT molecular complexity index is 3390.